The Bertz CT molecular complexity index is 1140. The monoisotopic (exact) mass is 852 g/mol. The van der Waals surface area contributed by atoms with Crippen molar-refractivity contribution in [1.82, 2.24) is 5.32 Å². The molecule has 3 atom stereocenters. The van der Waals surface area contributed by atoms with Crippen molar-refractivity contribution < 1.29 is 24.5 Å². The van der Waals surface area contributed by atoms with Gasteiger partial charge in [-0.15, -0.1) is 0 Å². The first-order chi connectivity index (χ1) is 30.0. The molecule has 0 bridgehead atoms. The molecule has 0 spiro atoms. The third kappa shape index (κ3) is 43.7. The average Bonchev–Trinajstić information content (AvgIpc) is 3.25. The van der Waals surface area contributed by atoms with Gasteiger partial charge in [0.15, 0.2) is 0 Å². The van der Waals surface area contributed by atoms with Gasteiger partial charge in [-0.25, -0.2) is 0 Å². The minimum absolute atomic E-state index is 0.0436. The van der Waals surface area contributed by atoms with Crippen LogP contribution < -0.4 is 5.32 Å². The van der Waals surface area contributed by atoms with Gasteiger partial charge in [0.05, 0.1) is 25.2 Å². The lowest BCUT2D eigenvalue weighted by molar-refractivity contribution is -0.151. The van der Waals surface area contributed by atoms with Crippen LogP contribution in [0.3, 0.4) is 0 Å². The van der Waals surface area contributed by atoms with E-state index < -0.39 is 18.2 Å². The molecule has 6 nitrogen and oxygen atoms in total. The third-order valence-electron chi connectivity index (χ3n) is 11.4. The number of unbranched alkanes of at least 4 members (excludes halogenated alkanes) is 25. The van der Waals surface area contributed by atoms with Crippen molar-refractivity contribution in [2.24, 2.45) is 0 Å². The van der Waals surface area contributed by atoms with E-state index in [1.165, 1.54) is 109 Å². The summed E-state index contributed by atoms with van der Waals surface area (Å²) in [6, 6.07) is -0.717. The molecule has 0 radical (unpaired) electrons. The Labute approximate surface area is 377 Å². The molecule has 0 saturated heterocycles. The number of carbonyl (C=O) groups is 2. The summed E-state index contributed by atoms with van der Waals surface area (Å²) in [6.45, 7) is 6.37. The Balaban J connectivity index is 4.62. The number of allylic oxidation sites excluding steroid dienone is 12. The number of aliphatic hydroxyl groups is 2. The number of carbonyl (C=O) groups excluding carboxylic acids is 2. The minimum Gasteiger partial charge on any atom is -0.462 e. The molecular weight excluding hydrogens is 755 g/mol. The molecule has 0 aliphatic heterocycles. The molecule has 6 heteroatoms. The summed E-state index contributed by atoms with van der Waals surface area (Å²) in [5.74, 6) is -0.534. The van der Waals surface area contributed by atoms with E-state index in [4.69, 9.17) is 4.74 Å². The van der Waals surface area contributed by atoms with E-state index in [2.05, 4.69) is 74.7 Å². The molecule has 3 N–H and O–H groups in total. The van der Waals surface area contributed by atoms with E-state index >= 15 is 0 Å². The number of esters is 1. The molecule has 61 heavy (non-hydrogen) atoms. The third-order valence-corrected chi connectivity index (χ3v) is 11.4. The van der Waals surface area contributed by atoms with Gasteiger partial charge in [0, 0.05) is 6.42 Å². The number of nitrogens with one attached hydrogen (secondary N) is 1. The van der Waals surface area contributed by atoms with E-state index in [0.29, 0.717) is 19.3 Å². The van der Waals surface area contributed by atoms with Crippen LogP contribution in [0.25, 0.3) is 0 Å². The topological polar surface area (TPSA) is 95.9 Å². The maximum absolute atomic E-state index is 13.2. The molecular formula is C55H97NO5. The highest BCUT2D eigenvalue weighted by molar-refractivity contribution is 5.77. The largest absolute Gasteiger partial charge is 0.462 e. The van der Waals surface area contributed by atoms with Gasteiger partial charge in [0.1, 0.15) is 6.10 Å². The Hall–Kier alpha value is -2.70. The van der Waals surface area contributed by atoms with E-state index in [0.717, 1.165) is 83.5 Å². The number of hydrogen-bond acceptors (Lipinski definition) is 5. The number of rotatable bonds is 45. The predicted octanol–water partition coefficient (Wildman–Crippen LogP) is 15.4. The van der Waals surface area contributed by atoms with Gasteiger partial charge < -0.3 is 20.3 Å². The molecule has 352 valence electrons. The highest BCUT2D eigenvalue weighted by Crippen LogP contribution is 2.17. The van der Waals surface area contributed by atoms with Crippen LogP contribution in [0.4, 0.5) is 0 Å². The van der Waals surface area contributed by atoms with Crippen LogP contribution in [0.15, 0.2) is 72.9 Å². The summed E-state index contributed by atoms with van der Waals surface area (Å²) in [7, 11) is 0. The van der Waals surface area contributed by atoms with Crippen LogP contribution in [-0.4, -0.2) is 46.9 Å². The molecule has 1 amide bonds. The van der Waals surface area contributed by atoms with Crippen molar-refractivity contribution in [3.63, 3.8) is 0 Å². The fourth-order valence-electron chi connectivity index (χ4n) is 7.46. The second-order valence-corrected chi connectivity index (χ2v) is 17.3. The second kappa shape index (κ2) is 48.3. The van der Waals surface area contributed by atoms with Crippen LogP contribution in [0.1, 0.15) is 239 Å². The predicted molar refractivity (Wildman–Crippen MR) is 264 cm³/mol. The Morgan fingerprint density at radius 1 is 0.475 bits per heavy atom. The normalized spacial score (nSPS) is 13.9. The maximum atomic E-state index is 13.2. The second-order valence-electron chi connectivity index (χ2n) is 17.3. The molecule has 0 aromatic heterocycles. The first-order valence-electron chi connectivity index (χ1n) is 25.7. The van der Waals surface area contributed by atoms with Crippen LogP contribution in [-0.2, 0) is 14.3 Å². The average molecular weight is 852 g/mol. The minimum atomic E-state index is -0.801. The van der Waals surface area contributed by atoms with Gasteiger partial charge in [-0.3, -0.25) is 9.59 Å². The lowest BCUT2D eigenvalue weighted by Crippen LogP contribution is -2.46. The zero-order valence-electron chi connectivity index (χ0n) is 40.0. The lowest BCUT2D eigenvalue weighted by Gasteiger charge is -2.24. The van der Waals surface area contributed by atoms with Crippen LogP contribution >= 0.6 is 0 Å². The fourth-order valence-corrected chi connectivity index (χ4v) is 7.46. The standard InChI is InChI=1S/C55H97NO5/c1-4-7-10-13-16-19-22-24-25-26-27-28-30-33-36-39-42-45-48-55(60)61-51(46-43-40-37-34-31-21-18-15-12-9-6-3)49-54(59)56-52(50-57)53(58)47-44-41-38-35-32-29-23-20-17-14-11-8-5-2/h10,13,16,19,22,24-28,34,37,51-53,57-58H,4-9,11-12,14-15,17-18,20-21,23,29-33,35-36,38-50H2,1-3H3,(H,56,59)/b13-10+,19-16+,24-22+,26-25+,28-27+,37-34-. The molecule has 3 unspecified atom stereocenters. The van der Waals surface area contributed by atoms with E-state index in [9.17, 15) is 19.8 Å². The van der Waals surface area contributed by atoms with E-state index in [1.807, 2.05) is 24.3 Å². The van der Waals surface area contributed by atoms with Gasteiger partial charge in [-0.05, 0) is 64.2 Å². The summed E-state index contributed by atoms with van der Waals surface area (Å²) in [6.07, 6.45) is 61.0. The molecule has 0 aromatic carbocycles. The molecule has 0 heterocycles. The Kier molecular flexibility index (Phi) is 46.2. The highest BCUT2D eigenvalue weighted by atomic mass is 16.5. The number of hydrogen-bond donors (Lipinski definition) is 3. The first kappa shape index (κ1) is 58.3. The molecule has 0 aromatic rings. The van der Waals surface area contributed by atoms with Crippen molar-refractivity contribution in [2.45, 2.75) is 257 Å². The summed E-state index contributed by atoms with van der Waals surface area (Å²) in [5.41, 5.74) is 0. The summed E-state index contributed by atoms with van der Waals surface area (Å²) >= 11 is 0. The maximum Gasteiger partial charge on any atom is 0.306 e. The van der Waals surface area contributed by atoms with Crippen LogP contribution in [0.2, 0.25) is 0 Å². The van der Waals surface area contributed by atoms with Gasteiger partial charge in [0.25, 0.3) is 0 Å². The molecule has 0 fully saturated rings. The van der Waals surface area contributed by atoms with Crippen molar-refractivity contribution in [1.29, 1.82) is 0 Å². The molecule has 0 aliphatic rings. The SMILES string of the molecule is CCC/C=C/C=C/C=C/C=C/C=C/CCCCCCCC(=O)OC(CCC/C=C\CCCCCCCC)CC(=O)NC(CO)C(O)CCCCCCCCCCCCCCC. The van der Waals surface area contributed by atoms with Crippen LogP contribution in [0.5, 0.6) is 0 Å². The van der Waals surface area contributed by atoms with E-state index in [-0.39, 0.29) is 24.9 Å². The molecule has 0 rings (SSSR count). The van der Waals surface area contributed by atoms with Crippen LogP contribution in [0, 0.1) is 0 Å². The molecule has 0 aliphatic carbocycles. The first-order valence-corrected chi connectivity index (χ1v) is 25.7. The lowest BCUT2D eigenvalue weighted by atomic mass is 10.0. The van der Waals surface area contributed by atoms with Gasteiger partial charge in [-0.2, -0.15) is 0 Å². The fraction of sp³-hybridized carbons (Fsp3) is 0.745. The summed E-state index contributed by atoms with van der Waals surface area (Å²) < 4.78 is 5.90. The van der Waals surface area contributed by atoms with Crippen molar-refractivity contribution in [3.8, 4) is 0 Å². The number of amides is 1. The molecule has 0 saturated carbocycles. The Morgan fingerprint density at radius 2 is 0.902 bits per heavy atom. The van der Waals surface area contributed by atoms with Gasteiger partial charge >= 0.3 is 5.97 Å². The van der Waals surface area contributed by atoms with E-state index in [1.54, 1.807) is 0 Å². The zero-order valence-corrected chi connectivity index (χ0v) is 40.0. The smallest absolute Gasteiger partial charge is 0.306 e. The number of ether oxygens (including phenoxy) is 1. The number of aliphatic hydroxyl groups excluding tert-OH is 2. The van der Waals surface area contributed by atoms with Crippen molar-refractivity contribution in [2.75, 3.05) is 6.61 Å². The summed E-state index contributed by atoms with van der Waals surface area (Å²) in [4.78, 5) is 26.1. The van der Waals surface area contributed by atoms with Gasteiger partial charge in [-0.1, -0.05) is 235 Å². The van der Waals surface area contributed by atoms with Crippen molar-refractivity contribution in [3.05, 3.63) is 72.9 Å². The zero-order chi connectivity index (χ0) is 44.5. The quantitative estimate of drug-likeness (QED) is 0.0245. The van der Waals surface area contributed by atoms with Gasteiger partial charge in [0.2, 0.25) is 5.91 Å². The Morgan fingerprint density at radius 3 is 1.41 bits per heavy atom. The van der Waals surface area contributed by atoms with Crippen molar-refractivity contribution >= 4 is 11.9 Å². The summed E-state index contributed by atoms with van der Waals surface area (Å²) in [5, 5.41) is 23.7. The highest BCUT2D eigenvalue weighted by Gasteiger charge is 2.24.